The molecular formula is C21H36ClN5. The Labute approximate surface area is 169 Å². The molecule has 2 aromatic rings. The molecule has 0 aliphatic heterocycles. The highest BCUT2D eigenvalue weighted by atomic mass is 35.5. The normalized spacial score (nSPS) is 13.0. The number of nitrogens with zero attached hydrogens (tertiary/aromatic N) is 4. The Hall–Kier alpha value is -1.30. The fourth-order valence-electron chi connectivity index (χ4n) is 3.68. The summed E-state index contributed by atoms with van der Waals surface area (Å²) in [4.78, 5) is 4.88. The number of rotatable bonds is 12. The molecule has 0 saturated heterocycles. The van der Waals surface area contributed by atoms with E-state index in [0.29, 0.717) is 0 Å². The van der Waals surface area contributed by atoms with Gasteiger partial charge in [-0.2, -0.15) is 5.10 Å². The molecule has 5 nitrogen and oxygen atoms in total. The van der Waals surface area contributed by atoms with Crippen molar-refractivity contribution in [1.82, 2.24) is 19.6 Å². The monoisotopic (exact) mass is 393 g/mol. The zero-order valence-electron chi connectivity index (χ0n) is 17.6. The third kappa shape index (κ3) is 5.59. The Balaban J connectivity index is 2.24. The van der Waals surface area contributed by atoms with Crippen LogP contribution in [-0.2, 0) is 6.54 Å². The summed E-state index contributed by atoms with van der Waals surface area (Å²) in [5.41, 5.74) is 1.11. The van der Waals surface area contributed by atoms with Crippen molar-refractivity contribution in [1.29, 1.82) is 0 Å². The number of halogens is 1. The second-order valence-electron chi connectivity index (χ2n) is 6.90. The summed E-state index contributed by atoms with van der Waals surface area (Å²) >= 11 is 6.28. The molecule has 6 heteroatoms. The number of fused-ring (bicyclic) bond motifs is 1. The zero-order chi connectivity index (χ0) is 19.8. The molecule has 1 aromatic carbocycles. The maximum absolute atomic E-state index is 6.28. The van der Waals surface area contributed by atoms with Gasteiger partial charge in [-0.05, 0) is 63.8 Å². The third-order valence-electron chi connectivity index (χ3n) is 5.40. The second-order valence-corrected chi connectivity index (χ2v) is 7.34. The van der Waals surface area contributed by atoms with Crippen LogP contribution in [0, 0.1) is 0 Å². The van der Waals surface area contributed by atoms with E-state index in [1.807, 2.05) is 12.1 Å². The van der Waals surface area contributed by atoms with Gasteiger partial charge in [0.15, 0.2) is 5.82 Å². The van der Waals surface area contributed by atoms with Crippen LogP contribution in [0.2, 0.25) is 5.02 Å². The molecule has 1 N–H and O–H groups in total. The van der Waals surface area contributed by atoms with Gasteiger partial charge in [0.2, 0.25) is 0 Å². The van der Waals surface area contributed by atoms with Gasteiger partial charge in [0.05, 0.1) is 11.7 Å². The minimum Gasteiger partial charge on any atom is -0.353 e. The summed E-state index contributed by atoms with van der Waals surface area (Å²) in [6, 6.07) is 6.07. The molecule has 0 aliphatic rings. The molecule has 1 atom stereocenters. The lowest BCUT2D eigenvalue weighted by molar-refractivity contribution is 0.233. The molecule has 152 valence electrons. The van der Waals surface area contributed by atoms with Gasteiger partial charge in [0.1, 0.15) is 0 Å². The SMILES string of the molecule is CCC(Nc1nn(CCCN(CC)CC)c2cc(Cl)ccc12)N(CC)CC. The van der Waals surface area contributed by atoms with E-state index >= 15 is 0 Å². The minimum atomic E-state index is 0.290. The number of hydrogen-bond donors (Lipinski definition) is 1. The van der Waals surface area contributed by atoms with E-state index in [2.05, 4.69) is 60.5 Å². The summed E-state index contributed by atoms with van der Waals surface area (Å²) in [7, 11) is 0. The Morgan fingerprint density at radius 3 is 2.37 bits per heavy atom. The Morgan fingerprint density at radius 2 is 1.78 bits per heavy atom. The third-order valence-corrected chi connectivity index (χ3v) is 5.63. The molecule has 1 unspecified atom stereocenters. The molecule has 0 spiro atoms. The van der Waals surface area contributed by atoms with E-state index in [1.54, 1.807) is 0 Å². The van der Waals surface area contributed by atoms with Crippen molar-refractivity contribution < 1.29 is 0 Å². The van der Waals surface area contributed by atoms with E-state index in [4.69, 9.17) is 16.7 Å². The summed E-state index contributed by atoms with van der Waals surface area (Å²) in [6.07, 6.45) is 2.40. The summed E-state index contributed by atoms with van der Waals surface area (Å²) in [5.74, 6) is 0.961. The Morgan fingerprint density at radius 1 is 1.07 bits per heavy atom. The van der Waals surface area contributed by atoms with Crippen LogP contribution in [0.25, 0.3) is 10.9 Å². The van der Waals surface area contributed by atoms with Gasteiger partial charge in [-0.3, -0.25) is 9.58 Å². The lowest BCUT2D eigenvalue weighted by Gasteiger charge is -2.29. The van der Waals surface area contributed by atoms with Crippen molar-refractivity contribution >= 4 is 28.3 Å². The van der Waals surface area contributed by atoms with Gasteiger partial charge in [0.25, 0.3) is 0 Å². The number of aromatic nitrogens is 2. The van der Waals surface area contributed by atoms with Crippen LogP contribution in [-0.4, -0.2) is 58.5 Å². The number of anilines is 1. The van der Waals surface area contributed by atoms with E-state index in [9.17, 15) is 0 Å². The average molecular weight is 394 g/mol. The van der Waals surface area contributed by atoms with E-state index in [0.717, 1.165) is 73.9 Å². The lowest BCUT2D eigenvalue weighted by atomic mass is 10.2. The quantitative estimate of drug-likeness (QED) is 0.519. The molecular weight excluding hydrogens is 358 g/mol. The molecule has 0 radical (unpaired) electrons. The molecule has 0 bridgehead atoms. The highest BCUT2D eigenvalue weighted by Crippen LogP contribution is 2.27. The molecule has 1 aromatic heterocycles. The number of aryl methyl sites for hydroxylation is 1. The highest BCUT2D eigenvalue weighted by molar-refractivity contribution is 6.31. The summed E-state index contributed by atoms with van der Waals surface area (Å²) < 4.78 is 2.11. The average Bonchev–Trinajstić information content (AvgIpc) is 3.01. The highest BCUT2D eigenvalue weighted by Gasteiger charge is 2.18. The Kier molecular flexibility index (Phi) is 8.87. The summed E-state index contributed by atoms with van der Waals surface area (Å²) in [6.45, 7) is 17.3. The minimum absolute atomic E-state index is 0.290. The lowest BCUT2D eigenvalue weighted by Crippen LogP contribution is -2.40. The summed E-state index contributed by atoms with van der Waals surface area (Å²) in [5, 5.41) is 10.5. The largest absolute Gasteiger partial charge is 0.353 e. The first-order chi connectivity index (χ1) is 13.1. The fourth-order valence-corrected chi connectivity index (χ4v) is 3.85. The fraction of sp³-hybridized carbons (Fsp3) is 0.667. The van der Waals surface area contributed by atoms with Crippen LogP contribution in [0.5, 0.6) is 0 Å². The first-order valence-electron chi connectivity index (χ1n) is 10.5. The number of benzene rings is 1. The van der Waals surface area contributed by atoms with E-state index in [1.165, 1.54) is 0 Å². The van der Waals surface area contributed by atoms with Gasteiger partial charge < -0.3 is 10.2 Å². The predicted octanol–water partition coefficient (Wildman–Crippen LogP) is 4.91. The van der Waals surface area contributed by atoms with Crippen LogP contribution >= 0.6 is 11.6 Å². The topological polar surface area (TPSA) is 36.3 Å². The predicted molar refractivity (Wildman–Crippen MR) is 118 cm³/mol. The van der Waals surface area contributed by atoms with Gasteiger partial charge in [-0.15, -0.1) is 0 Å². The van der Waals surface area contributed by atoms with Crippen LogP contribution in [0.1, 0.15) is 47.5 Å². The van der Waals surface area contributed by atoms with Crippen LogP contribution < -0.4 is 5.32 Å². The maximum Gasteiger partial charge on any atom is 0.157 e. The Bertz CT molecular complexity index is 691. The van der Waals surface area contributed by atoms with Crippen molar-refractivity contribution in [2.24, 2.45) is 0 Å². The van der Waals surface area contributed by atoms with Gasteiger partial charge >= 0.3 is 0 Å². The van der Waals surface area contributed by atoms with E-state index < -0.39 is 0 Å². The molecule has 0 saturated carbocycles. The molecule has 1 heterocycles. The van der Waals surface area contributed by atoms with Crippen LogP contribution in [0.3, 0.4) is 0 Å². The second kappa shape index (κ2) is 10.9. The smallest absolute Gasteiger partial charge is 0.157 e. The zero-order valence-corrected chi connectivity index (χ0v) is 18.4. The number of nitrogens with one attached hydrogen (secondary N) is 1. The van der Waals surface area contributed by atoms with Gasteiger partial charge in [-0.25, -0.2) is 0 Å². The molecule has 0 amide bonds. The maximum atomic E-state index is 6.28. The van der Waals surface area contributed by atoms with Gasteiger partial charge in [-0.1, -0.05) is 46.2 Å². The van der Waals surface area contributed by atoms with Crippen molar-refractivity contribution in [3.05, 3.63) is 23.2 Å². The molecule has 27 heavy (non-hydrogen) atoms. The van der Waals surface area contributed by atoms with E-state index in [-0.39, 0.29) is 6.17 Å². The first kappa shape index (κ1) is 22.0. The number of hydrogen-bond acceptors (Lipinski definition) is 4. The van der Waals surface area contributed by atoms with Gasteiger partial charge in [0, 0.05) is 17.0 Å². The van der Waals surface area contributed by atoms with Crippen LogP contribution in [0.4, 0.5) is 5.82 Å². The standard InChI is InChI=1S/C21H36ClN5/c1-6-20(26(9-4)10-5)23-21-18-13-12-17(22)16-19(18)27(24-21)15-11-14-25(7-2)8-3/h12-13,16,20H,6-11,14-15H2,1-5H3,(H,23,24). The molecule has 0 fully saturated rings. The molecule has 0 aliphatic carbocycles. The van der Waals surface area contributed by atoms with Crippen molar-refractivity contribution in [3.63, 3.8) is 0 Å². The first-order valence-corrected chi connectivity index (χ1v) is 10.8. The van der Waals surface area contributed by atoms with Crippen molar-refractivity contribution in [3.8, 4) is 0 Å². The van der Waals surface area contributed by atoms with Crippen molar-refractivity contribution in [2.75, 3.05) is 38.0 Å². The van der Waals surface area contributed by atoms with Crippen molar-refractivity contribution in [2.45, 2.75) is 60.2 Å². The van der Waals surface area contributed by atoms with Crippen LogP contribution in [0.15, 0.2) is 18.2 Å². The molecule has 2 rings (SSSR count).